The molecule has 3 heteroatoms. The molecule has 104 valence electrons. The fourth-order valence-electron chi connectivity index (χ4n) is 1.61. The Morgan fingerprint density at radius 2 is 1.61 bits per heavy atom. The van der Waals surface area contributed by atoms with E-state index in [2.05, 4.69) is 33.6 Å². The molecule has 0 aliphatic heterocycles. The molecule has 0 radical (unpaired) electrons. The van der Waals surface area contributed by atoms with Crippen molar-refractivity contribution in [1.29, 1.82) is 0 Å². The Morgan fingerprint density at radius 3 is 1.94 bits per heavy atom. The lowest BCUT2D eigenvalue weighted by molar-refractivity contribution is -0.132. The zero-order valence-electron chi connectivity index (χ0n) is 12.3. The van der Waals surface area contributed by atoms with E-state index in [0.717, 1.165) is 25.9 Å². The van der Waals surface area contributed by atoms with Gasteiger partial charge in [0.05, 0.1) is 6.04 Å². The van der Waals surface area contributed by atoms with Crippen molar-refractivity contribution in [2.45, 2.75) is 53.0 Å². The number of nitrogens with zero attached hydrogens (tertiary/aromatic N) is 1. The van der Waals surface area contributed by atoms with Crippen LogP contribution in [-0.4, -0.2) is 29.9 Å². The van der Waals surface area contributed by atoms with E-state index in [4.69, 9.17) is 12.2 Å². The highest BCUT2D eigenvalue weighted by Gasteiger charge is 2.20. The highest BCUT2D eigenvalue weighted by molar-refractivity contribution is 5.81. The number of nitrogens with two attached hydrogens (primary N) is 1. The summed E-state index contributed by atoms with van der Waals surface area (Å²) in [7, 11) is 0. The highest BCUT2D eigenvalue weighted by atomic mass is 16.2. The molecule has 0 saturated carbocycles. The van der Waals surface area contributed by atoms with Gasteiger partial charge in [-0.1, -0.05) is 27.7 Å². The van der Waals surface area contributed by atoms with Crippen molar-refractivity contribution in [2.75, 3.05) is 13.1 Å². The summed E-state index contributed by atoms with van der Waals surface area (Å²) in [6.07, 6.45) is 7.54. The molecule has 0 aliphatic carbocycles. The van der Waals surface area contributed by atoms with Gasteiger partial charge in [0.25, 0.3) is 0 Å². The summed E-state index contributed by atoms with van der Waals surface area (Å²) in [5, 5.41) is 0. The van der Waals surface area contributed by atoms with Crippen LogP contribution in [0.25, 0.3) is 0 Å². The van der Waals surface area contributed by atoms with Crippen molar-refractivity contribution in [3.05, 3.63) is 0 Å². The Kier molecular flexibility index (Phi) is 8.49. The molecule has 0 aromatic rings. The molecule has 1 unspecified atom stereocenters. The quantitative estimate of drug-likeness (QED) is 0.674. The molecule has 0 aromatic carbocycles. The van der Waals surface area contributed by atoms with Crippen LogP contribution in [0.5, 0.6) is 0 Å². The lowest BCUT2D eigenvalue weighted by Gasteiger charge is -2.26. The van der Waals surface area contributed by atoms with Crippen LogP contribution in [0.1, 0.15) is 47.0 Å². The maximum atomic E-state index is 12.2. The van der Waals surface area contributed by atoms with Crippen LogP contribution >= 0.6 is 0 Å². The zero-order chi connectivity index (χ0) is 14.1. The van der Waals surface area contributed by atoms with E-state index in [9.17, 15) is 4.79 Å². The van der Waals surface area contributed by atoms with Crippen molar-refractivity contribution in [1.82, 2.24) is 4.90 Å². The first kappa shape index (κ1) is 17.0. The average molecular weight is 252 g/mol. The van der Waals surface area contributed by atoms with E-state index in [1.54, 1.807) is 0 Å². The summed E-state index contributed by atoms with van der Waals surface area (Å²) in [6.45, 7) is 10.2. The average Bonchev–Trinajstić information content (AvgIpc) is 2.28. The lowest BCUT2D eigenvalue weighted by Crippen LogP contribution is -2.45. The topological polar surface area (TPSA) is 46.3 Å². The molecule has 18 heavy (non-hydrogen) atoms. The van der Waals surface area contributed by atoms with Gasteiger partial charge in [-0.15, -0.1) is 12.3 Å². The fourth-order valence-corrected chi connectivity index (χ4v) is 1.61. The molecule has 0 heterocycles. The van der Waals surface area contributed by atoms with Gasteiger partial charge < -0.3 is 10.6 Å². The number of terminal acetylenes is 1. The van der Waals surface area contributed by atoms with Crippen LogP contribution in [0.3, 0.4) is 0 Å². The number of carbonyl (C=O) groups is 1. The molecule has 0 bridgehead atoms. The van der Waals surface area contributed by atoms with Gasteiger partial charge >= 0.3 is 0 Å². The first-order chi connectivity index (χ1) is 8.38. The normalized spacial score (nSPS) is 12.6. The Balaban J connectivity index is 4.43. The van der Waals surface area contributed by atoms with Gasteiger partial charge in [0, 0.05) is 19.5 Å². The molecule has 3 nitrogen and oxygen atoms in total. The van der Waals surface area contributed by atoms with Crippen molar-refractivity contribution < 1.29 is 4.79 Å². The predicted octanol–water partition coefficient (Wildman–Crippen LogP) is 2.26. The van der Waals surface area contributed by atoms with E-state index >= 15 is 0 Å². The van der Waals surface area contributed by atoms with Crippen LogP contribution in [0, 0.1) is 24.2 Å². The Bertz CT molecular complexity index is 267. The summed E-state index contributed by atoms with van der Waals surface area (Å²) in [5.41, 5.74) is 5.81. The number of hydrogen-bond donors (Lipinski definition) is 1. The van der Waals surface area contributed by atoms with E-state index in [1.807, 2.05) is 4.90 Å². The summed E-state index contributed by atoms with van der Waals surface area (Å²) in [5.74, 6) is 3.63. The van der Waals surface area contributed by atoms with Crippen molar-refractivity contribution in [3.63, 3.8) is 0 Å². The zero-order valence-corrected chi connectivity index (χ0v) is 12.3. The highest BCUT2D eigenvalue weighted by Crippen LogP contribution is 2.08. The molecular weight excluding hydrogens is 224 g/mol. The van der Waals surface area contributed by atoms with Crippen molar-refractivity contribution >= 4 is 5.91 Å². The van der Waals surface area contributed by atoms with Gasteiger partial charge in [0.2, 0.25) is 5.91 Å². The SMILES string of the molecule is C#CCC(N)C(=O)N(CCC(C)C)CCC(C)C. The molecule has 0 saturated heterocycles. The molecule has 2 N–H and O–H groups in total. The number of hydrogen-bond acceptors (Lipinski definition) is 2. The summed E-state index contributed by atoms with van der Waals surface area (Å²) < 4.78 is 0. The molecule has 0 fully saturated rings. The Hall–Kier alpha value is -1.01. The number of rotatable bonds is 8. The van der Waals surface area contributed by atoms with Gasteiger partial charge in [-0.3, -0.25) is 4.79 Å². The van der Waals surface area contributed by atoms with Crippen LogP contribution in [0.15, 0.2) is 0 Å². The van der Waals surface area contributed by atoms with Gasteiger partial charge in [-0.05, 0) is 24.7 Å². The first-order valence-corrected chi connectivity index (χ1v) is 6.86. The van der Waals surface area contributed by atoms with Crippen LogP contribution in [0.4, 0.5) is 0 Å². The smallest absolute Gasteiger partial charge is 0.240 e. The standard InChI is InChI=1S/C15H28N2O/c1-6-7-14(16)15(18)17(10-8-12(2)3)11-9-13(4)5/h1,12-14H,7-11,16H2,2-5H3. The van der Waals surface area contributed by atoms with Crippen molar-refractivity contribution in [3.8, 4) is 12.3 Å². The van der Waals surface area contributed by atoms with E-state index < -0.39 is 6.04 Å². The minimum atomic E-state index is -0.547. The van der Waals surface area contributed by atoms with Crippen LogP contribution in [0.2, 0.25) is 0 Å². The largest absolute Gasteiger partial charge is 0.341 e. The molecule has 0 rings (SSSR count). The predicted molar refractivity (Wildman–Crippen MR) is 76.9 cm³/mol. The summed E-state index contributed by atoms with van der Waals surface area (Å²) >= 11 is 0. The molecule has 0 aliphatic rings. The third-order valence-corrected chi connectivity index (χ3v) is 2.92. The molecule has 1 atom stereocenters. The van der Waals surface area contributed by atoms with Gasteiger partial charge in [-0.2, -0.15) is 0 Å². The van der Waals surface area contributed by atoms with Crippen LogP contribution < -0.4 is 5.73 Å². The molecular formula is C15H28N2O. The third-order valence-electron chi connectivity index (χ3n) is 2.92. The minimum absolute atomic E-state index is 0.00532. The first-order valence-electron chi connectivity index (χ1n) is 6.86. The molecule has 0 spiro atoms. The lowest BCUT2D eigenvalue weighted by atomic mass is 10.1. The maximum Gasteiger partial charge on any atom is 0.240 e. The van der Waals surface area contributed by atoms with Crippen molar-refractivity contribution in [2.24, 2.45) is 17.6 Å². The fraction of sp³-hybridized carbons (Fsp3) is 0.800. The molecule has 1 amide bonds. The minimum Gasteiger partial charge on any atom is -0.341 e. The number of carbonyl (C=O) groups excluding carboxylic acids is 1. The second-order valence-corrected chi connectivity index (χ2v) is 5.71. The maximum absolute atomic E-state index is 12.2. The summed E-state index contributed by atoms with van der Waals surface area (Å²) in [6, 6.07) is -0.547. The second-order valence-electron chi connectivity index (χ2n) is 5.71. The monoisotopic (exact) mass is 252 g/mol. The Morgan fingerprint density at radius 1 is 1.17 bits per heavy atom. The number of amides is 1. The van der Waals surface area contributed by atoms with E-state index in [0.29, 0.717) is 18.3 Å². The third kappa shape index (κ3) is 7.34. The van der Waals surface area contributed by atoms with Gasteiger partial charge in [0.15, 0.2) is 0 Å². The summed E-state index contributed by atoms with van der Waals surface area (Å²) in [4.78, 5) is 14.0. The Labute approximate surface area is 112 Å². The van der Waals surface area contributed by atoms with Crippen LogP contribution in [-0.2, 0) is 4.79 Å². The van der Waals surface area contributed by atoms with E-state index in [-0.39, 0.29) is 5.91 Å². The van der Waals surface area contributed by atoms with Gasteiger partial charge in [-0.25, -0.2) is 0 Å². The van der Waals surface area contributed by atoms with Gasteiger partial charge in [0.1, 0.15) is 0 Å². The second kappa shape index (κ2) is 8.99. The molecule has 0 aromatic heterocycles. The van der Waals surface area contributed by atoms with E-state index in [1.165, 1.54) is 0 Å².